The SMILES string of the molecule is Cc1ccccc1CN1C(=O)COc2ccc(NC(=O)c3ccc(S(=O)(=O)N4CCCCC4)cc3)cc21. The van der Waals surface area contributed by atoms with E-state index in [9.17, 15) is 18.0 Å². The molecule has 3 aromatic carbocycles. The Balaban J connectivity index is 1.33. The smallest absolute Gasteiger partial charge is 0.265 e. The van der Waals surface area contributed by atoms with Crippen molar-refractivity contribution in [3.05, 3.63) is 83.4 Å². The normalized spacial score (nSPS) is 16.1. The average Bonchev–Trinajstić information content (AvgIpc) is 2.92. The van der Waals surface area contributed by atoms with Gasteiger partial charge in [-0.05, 0) is 73.4 Å². The largest absolute Gasteiger partial charge is 0.482 e. The Morgan fingerprint density at radius 2 is 1.70 bits per heavy atom. The van der Waals surface area contributed by atoms with Gasteiger partial charge in [-0.2, -0.15) is 4.31 Å². The van der Waals surface area contributed by atoms with Gasteiger partial charge in [-0.1, -0.05) is 30.7 Å². The summed E-state index contributed by atoms with van der Waals surface area (Å²) in [7, 11) is -3.56. The van der Waals surface area contributed by atoms with Gasteiger partial charge in [-0.25, -0.2) is 8.42 Å². The second-order valence-electron chi connectivity index (χ2n) is 9.32. The molecule has 0 saturated carbocycles. The van der Waals surface area contributed by atoms with Gasteiger partial charge in [-0.3, -0.25) is 9.59 Å². The maximum Gasteiger partial charge on any atom is 0.265 e. The van der Waals surface area contributed by atoms with Gasteiger partial charge in [0.25, 0.3) is 11.8 Å². The van der Waals surface area contributed by atoms with Crippen molar-refractivity contribution in [2.45, 2.75) is 37.6 Å². The molecule has 0 atom stereocenters. The number of carbonyl (C=O) groups is 2. The number of benzene rings is 3. The van der Waals surface area contributed by atoms with E-state index in [0.29, 0.717) is 42.3 Å². The molecule has 192 valence electrons. The molecule has 1 saturated heterocycles. The number of hydrogen-bond acceptors (Lipinski definition) is 5. The van der Waals surface area contributed by atoms with Crippen LogP contribution in [0, 0.1) is 6.92 Å². The summed E-state index contributed by atoms with van der Waals surface area (Å²) in [4.78, 5) is 27.5. The van der Waals surface area contributed by atoms with Gasteiger partial charge in [0.2, 0.25) is 10.0 Å². The lowest BCUT2D eigenvalue weighted by Crippen LogP contribution is -2.38. The van der Waals surface area contributed by atoms with E-state index in [1.165, 1.54) is 28.6 Å². The summed E-state index contributed by atoms with van der Waals surface area (Å²) < 4.78 is 32.9. The number of ether oxygens (including phenoxy) is 1. The van der Waals surface area contributed by atoms with Gasteiger partial charge in [0.15, 0.2) is 6.61 Å². The number of piperidine rings is 1. The molecule has 9 heteroatoms. The molecule has 0 bridgehead atoms. The number of sulfonamides is 1. The molecule has 1 fully saturated rings. The van der Waals surface area contributed by atoms with Gasteiger partial charge < -0.3 is 15.0 Å². The Bertz CT molecular complexity index is 1430. The number of nitrogens with zero attached hydrogens (tertiary/aromatic N) is 2. The van der Waals surface area contributed by atoms with Crippen molar-refractivity contribution in [2.75, 3.05) is 29.9 Å². The minimum atomic E-state index is -3.56. The monoisotopic (exact) mass is 519 g/mol. The third-order valence-corrected chi connectivity index (χ3v) is 8.73. The molecular formula is C28H29N3O5S. The zero-order chi connectivity index (χ0) is 26.0. The van der Waals surface area contributed by atoms with Crippen molar-refractivity contribution < 1.29 is 22.7 Å². The van der Waals surface area contributed by atoms with Gasteiger partial charge >= 0.3 is 0 Å². The quantitative estimate of drug-likeness (QED) is 0.523. The molecule has 0 radical (unpaired) electrons. The van der Waals surface area contributed by atoms with Crippen molar-refractivity contribution in [1.29, 1.82) is 0 Å². The van der Waals surface area contributed by atoms with E-state index in [-0.39, 0.29) is 23.3 Å². The van der Waals surface area contributed by atoms with Crippen LogP contribution in [0.2, 0.25) is 0 Å². The van der Waals surface area contributed by atoms with Crippen LogP contribution in [0.3, 0.4) is 0 Å². The molecule has 2 aliphatic heterocycles. The third kappa shape index (κ3) is 5.23. The Hall–Kier alpha value is -3.69. The standard InChI is InChI=1S/C28H29N3O5S/c1-20-7-3-4-8-22(20)18-31-25-17-23(11-14-26(25)36-19-27(31)32)29-28(33)21-9-12-24(13-10-21)37(34,35)30-15-5-2-6-16-30/h3-4,7-14,17H,2,5-6,15-16,18-19H2,1H3,(H,29,33). The minimum Gasteiger partial charge on any atom is -0.482 e. The number of anilines is 2. The van der Waals surface area contributed by atoms with E-state index in [2.05, 4.69) is 5.32 Å². The maximum absolute atomic E-state index is 12.9. The molecule has 2 amide bonds. The summed E-state index contributed by atoms with van der Waals surface area (Å²) in [5.74, 6) is 0.0265. The van der Waals surface area contributed by atoms with Crippen LogP contribution >= 0.6 is 0 Å². The van der Waals surface area contributed by atoms with Crippen LogP contribution in [-0.2, 0) is 21.4 Å². The second-order valence-corrected chi connectivity index (χ2v) is 11.3. The highest BCUT2D eigenvalue weighted by atomic mass is 32.2. The molecule has 8 nitrogen and oxygen atoms in total. The number of rotatable bonds is 6. The van der Waals surface area contributed by atoms with Gasteiger partial charge in [0.05, 0.1) is 17.1 Å². The first-order valence-corrected chi connectivity index (χ1v) is 13.8. The molecule has 0 aliphatic carbocycles. The van der Waals surface area contributed by atoms with Crippen LogP contribution in [0.1, 0.15) is 40.7 Å². The van der Waals surface area contributed by atoms with E-state index >= 15 is 0 Å². The first kappa shape index (κ1) is 25.0. The van der Waals surface area contributed by atoms with Crippen molar-refractivity contribution in [1.82, 2.24) is 4.31 Å². The lowest BCUT2D eigenvalue weighted by Gasteiger charge is -2.30. The van der Waals surface area contributed by atoms with Crippen molar-refractivity contribution in [3.63, 3.8) is 0 Å². The number of amides is 2. The first-order chi connectivity index (χ1) is 17.8. The first-order valence-electron chi connectivity index (χ1n) is 12.4. The number of fused-ring (bicyclic) bond motifs is 1. The highest BCUT2D eigenvalue weighted by Crippen LogP contribution is 2.36. The molecule has 1 N–H and O–H groups in total. The molecule has 0 unspecified atom stereocenters. The van der Waals surface area contributed by atoms with E-state index < -0.39 is 10.0 Å². The van der Waals surface area contributed by atoms with E-state index in [1.807, 2.05) is 31.2 Å². The summed E-state index contributed by atoms with van der Waals surface area (Å²) >= 11 is 0. The Kier molecular flexibility index (Phi) is 6.99. The molecule has 2 heterocycles. The summed E-state index contributed by atoms with van der Waals surface area (Å²) in [6, 6.07) is 19.0. The van der Waals surface area contributed by atoms with Crippen LogP contribution in [-0.4, -0.2) is 44.2 Å². The average molecular weight is 520 g/mol. The predicted octanol–water partition coefficient (Wildman–Crippen LogP) is 4.35. The number of carbonyl (C=O) groups excluding carboxylic acids is 2. The molecule has 37 heavy (non-hydrogen) atoms. The van der Waals surface area contributed by atoms with Gasteiger partial charge in [0, 0.05) is 24.3 Å². The fraction of sp³-hybridized carbons (Fsp3) is 0.286. The fourth-order valence-corrected chi connectivity index (χ4v) is 6.16. The Morgan fingerprint density at radius 1 is 0.973 bits per heavy atom. The Labute approximate surface area is 216 Å². The Morgan fingerprint density at radius 3 is 2.43 bits per heavy atom. The zero-order valence-corrected chi connectivity index (χ0v) is 21.5. The molecule has 3 aromatic rings. The van der Waals surface area contributed by atoms with Crippen molar-refractivity contribution in [2.24, 2.45) is 0 Å². The second kappa shape index (κ2) is 10.4. The number of aryl methyl sites for hydroxylation is 1. The molecule has 0 aromatic heterocycles. The van der Waals surface area contributed by atoms with Crippen LogP contribution in [0.25, 0.3) is 0 Å². The molecule has 2 aliphatic rings. The molecule has 5 rings (SSSR count). The maximum atomic E-state index is 12.9. The van der Waals surface area contributed by atoms with E-state index in [4.69, 9.17) is 4.74 Å². The van der Waals surface area contributed by atoms with Crippen molar-refractivity contribution >= 4 is 33.2 Å². The van der Waals surface area contributed by atoms with Crippen LogP contribution in [0.15, 0.2) is 71.6 Å². The van der Waals surface area contributed by atoms with Gasteiger partial charge in [-0.15, -0.1) is 0 Å². The third-order valence-electron chi connectivity index (χ3n) is 6.82. The fourth-order valence-electron chi connectivity index (χ4n) is 4.65. The summed E-state index contributed by atoms with van der Waals surface area (Å²) in [5.41, 5.74) is 3.53. The summed E-state index contributed by atoms with van der Waals surface area (Å²) in [6.07, 6.45) is 2.76. The highest BCUT2D eigenvalue weighted by Gasteiger charge is 2.28. The van der Waals surface area contributed by atoms with E-state index in [1.54, 1.807) is 23.1 Å². The summed E-state index contributed by atoms with van der Waals surface area (Å²) in [6.45, 7) is 3.40. The number of hydrogen-bond donors (Lipinski definition) is 1. The highest BCUT2D eigenvalue weighted by molar-refractivity contribution is 7.89. The van der Waals surface area contributed by atoms with Crippen LogP contribution < -0.4 is 15.0 Å². The topological polar surface area (TPSA) is 96.0 Å². The van der Waals surface area contributed by atoms with E-state index in [0.717, 1.165) is 30.4 Å². The minimum absolute atomic E-state index is 0.0444. The lowest BCUT2D eigenvalue weighted by atomic mass is 10.1. The molecule has 0 spiro atoms. The number of nitrogens with one attached hydrogen (secondary N) is 1. The summed E-state index contributed by atoms with van der Waals surface area (Å²) in [5, 5.41) is 2.85. The van der Waals surface area contributed by atoms with Crippen molar-refractivity contribution in [3.8, 4) is 5.75 Å². The lowest BCUT2D eigenvalue weighted by molar-refractivity contribution is -0.121. The molecular weight excluding hydrogens is 490 g/mol. The van der Waals surface area contributed by atoms with Crippen LogP contribution in [0.5, 0.6) is 5.75 Å². The zero-order valence-electron chi connectivity index (χ0n) is 20.6. The predicted molar refractivity (Wildman–Crippen MR) is 141 cm³/mol. The van der Waals surface area contributed by atoms with Crippen LogP contribution in [0.4, 0.5) is 11.4 Å². The van der Waals surface area contributed by atoms with Gasteiger partial charge in [0.1, 0.15) is 5.75 Å².